The highest BCUT2D eigenvalue weighted by Gasteiger charge is 2.15. The molecule has 0 fully saturated rings. The number of hydrogen-bond acceptors (Lipinski definition) is 3. The minimum atomic E-state index is -0.0605. The SMILES string of the molecule is CCCCCCC(CCC[Si]C(OCC)OCC)C(=O)S. The van der Waals surface area contributed by atoms with E-state index in [1.165, 1.54) is 19.3 Å². The standard InChI is InChI=1S/C16H32O3SSi/c1-4-7-8-9-11-14(15(17)20)12-10-13-21-16(18-5-2)19-6-3/h14,16H,4-13H2,1-3H3,(H,17,20). The number of thiol groups is 1. The van der Waals surface area contributed by atoms with E-state index in [0.29, 0.717) is 22.7 Å². The van der Waals surface area contributed by atoms with Crippen molar-refractivity contribution >= 4 is 27.3 Å². The van der Waals surface area contributed by atoms with Crippen LogP contribution in [0.4, 0.5) is 0 Å². The summed E-state index contributed by atoms with van der Waals surface area (Å²) in [5.74, 6) is 0.0716. The molecule has 0 aromatic rings. The molecule has 124 valence electrons. The van der Waals surface area contributed by atoms with E-state index in [2.05, 4.69) is 19.6 Å². The fourth-order valence-corrected chi connectivity index (χ4v) is 3.72. The van der Waals surface area contributed by atoms with E-state index in [4.69, 9.17) is 9.47 Å². The second-order valence-electron chi connectivity index (χ2n) is 5.22. The zero-order valence-corrected chi connectivity index (χ0v) is 15.8. The molecule has 0 aromatic carbocycles. The Balaban J connectivity index is 3.83. The van der Waals surface area contributed by atoms with Gasteiger partial charge < -0.3 is 9.47 Å². The maximum Gasteiger partial charge on any atom is 0.188 e. The minimum absolute atomic E-state index is 0.0565. The van der Waals surface area contributed by atoms with E-state index in [1.807, 2.05) is 13.8 Å². The lowest BCUT2D eigenvalue weighted by Crippen LogP contribution is -2.24. The van der Waals surface area contributed by atoms with Crippen LogP contribution in [0.1, 0.15) is 65.7 Å². The molecule has 0 saturated carbocycles. The van der Waals surface area contributed by atoms with Crippen LogP contribution >= 0.6 is 12.6 Å². The number of ether oxygens (including phenoxy) is 2. The van der Waals surface area contributed by atoms with Crippen LogP contribution in [0.15, 0.2) is 0 Å². The van der Waals surface area contributed by atoms with Gasteiger partial charge in [-0.15, -0.1) is 12.6 Å². The topological polar surface area (TPSA) is 35.5 Å². The molecule has 0 rings (SSSR count). The summed E-state index contributed by atoms with van der Waals surface area (Å²) < 4.78 is 11.1. The van der Waals surface area contributed by atoms with Crippen LogP contribution < -0.4 is 0 Å². The summed E-state index contributed by atoms with van der Waals surface area (Å²) in [6.07, 6.45) is 7.87. The Morgan fingerprint density at radius 2 is 1.62 bits per heavy atom. The quantitative estimate of drug-likeness (QED) is 0.210. The van der Waals surface area contributed by atoms with Gasteiger partial charge in [-0.1, -0.05) is 45.1 Å². The fourth-order valence-electron chi connectivity index (χ4n) is 2.25. The summed E-state index contributed by atoms with van der Waals surface area (Å²) in [5, 5.41) is 0.0565. The Labute approximate surface area is 138 Å². The van der Waals surface area contributed by atoms with Crippen molar-refractivity contribution in [2.24, 2.45) is 5.92 Å². The van der Waals surface area contributed by atoms with Crippen molar-refractivity contribution in [2.75, 3.05) is 13.2 Å². The molecule has 1 atom stereocenters. The van der Waals surface area contributed by atoms with Gasteiger partial charge in [0.15, 0.2) is 5.12 Å². The third-order valence-corrected chi connectivity index (χ3v) is 5.11. The van der Waals surface area contributed by atoms with Gasteiger partial charge in [0.2, 0.25) is 0 Å². The molecule has 0 amide bonds. The number of rotatable bonds is 15. The average molecular weight is 333 g/mol. The zero-order valence-electron chi connectivity index (χ0n) is 13.9. The highest BCUT2D eigenvalue weighted by Crippen LogP contribution is 2.20. The van der Waals surface area contributed by atoms with Crippen LogP contribution in [-0.4, -0.2) is 33.8 Å². The lowest BCUT2D eigenvalue weighted by molar-refractivity contribution is -0.114. The Kier molecular flexibility index (Phi) is 15.2. The van der Waals surface area contributed by atoms with E-state index < -0.39 is 0 Å². The van der Waals surface area contributed by atoms with Crippen LogP contribution in [0.3, 0.4) is 0 Å². The molecule has 0 bridgehead atoms. The van der Waals surface area contributed by atoms with Crippen molar-refractivity contribution in [2.45, 2.75) is 77.7 Å². The second kappa shape index (κ2) is 15.1. The Morgan fingerprint density at radius 1 is 1.00 bits per heavy atom. The molecule has 2 radical (unpaired) electrons. The van der Waals surface area contributed by atoms with Gasteiger partial charge in [-0.05, 0) is 26.7 Å². The molecular weight excluding hydrogens is 300 g/mol. The maximum absolute atomic E-state index is 11.6. The normalized spacial score (nSPS) is 12.8. The minimum Gasteiger partial charge on any atom is -0.357 e. The maximum atomic E-state index is 11.6. The van der Waals surface area contributed by atoms with Crippen LogP contribution in [-0.2, 0) is 14.3 Å². The van der Waals surface area contributed by atoms with E-state index in [-0.39, 0.29) is 16.9 Å². The van der Waals surface area contributed by atoms with Crippen molar-refractivity contribution in [3.63, 3.8) is 0 Å². The molecule has 21 heavy (non-hydrogen) atoms. The lowest BCUT2D eigenvalue weighted by atomic mass is 9.97. The molecule has 1 unspecified atom stereocenters. The van der Waals surface area contributed by atoms with Crippen molar-refractivity contribution in [3.05, 3.63) is 0 Å². The van der Waals surface area contributed by atoms with Gasteiger partial charge in [0.25, 0.3) is 0 Å². The summed E-state index contributed by atoms with van der Waals surface area (Å²) in [5.41, 5.74) is 0. The van der Waals surface area contributed by atoms with Gasteiger partial charge in [0.05, 0.1) is 0 Å². The first-order chi connectivity index (χ1) is 10.2. The summed E-state index contributed by atoms with van der Waals surface area (Å²) in [4.78, 5) is 11.6. The van der Waals surface area contributed by atoms with Gasteiger partial charge in [-0.2, -0.15) is 0 Å². The van der Waals surface area contributed by atoms with E-state index in [0.717, 1.165) is 31.7 Å². The van der Waals surface area contributed by atoms with Crippen molar-refractivity contribution in [3.8, 4) is 0 Å². The first-order valence-corrected chi connectivity index (χ1v) is 10.1. The molecule has 0 saturated heterocycles. The molecule has 0 aliphatic heterocycles. The first kappa shape index (κ1) is 21.2. The van der Waals surface area contributed by atoms with Crippen LogP contribution in [0.25, 0.3) is 0 Å². The average Bonchev–Trinajstić information content (AvgIpc) is 2.45. The number of hydrogen-bond donors (Lipinski definition) is 1. The van der Waals surface area contributed by atoms with E-state index >= 15 is 0 Å². The van der Waals surface area contributed by atoms with Gasteiger partial charge in [-0.3, -0.25) is 4.79 Å². The van der Waals surface area contributed by atoms with Gasteiger partial charge in [-0.25, -0.2) is 0 Å². The molecule has 0 heterocycles. The summed E-state index contributed by atoms with van der Waals surface area (Å²) >= 11 is 4.04. The monoisotopic (exact) mass is 332 g/mol. The molecule has 0 aliphatic rings. The third kappa shape index (κ3) is 12.4. The Morgan fingerprint density at radius 3 is 2.14 bits per heavy atom. The third-order valence-electron chi connectivity index (χ3n) is 3.43. The molecule has 0 N–H and O–H groups in total. The highest BCUT2D eigenvalue weighted by molar-refractivity contribution is 7.96. The van der Waals surface area contributed by atoms with Crippen LogP contribution in [0.5, 0.6) is 0 Å². The predicted molar refractivity (Wildman–Crippen MR) is 93.1 cm³/mol. The summed E-state index contributed by atoms with van der Waals surface area (Å²) in [6, 6.07) is 1.07. The number of carbonyl (C=O) groups is 1. The smallest absolute Gasteiger partial charge is 0.188 e. The van der Waals surface area contributed by atoms with Gasteiger partial charge >= 0.3 is 0 Å². The molecular formula is C16H32O3SSi. The fraction of sp³-hybridized carbons (Fsp3) is 0.938. The summed E-state index contributed by atoms with van der Waals surface area (Å²) in [6.45, 7) is 7.56. The number of carbonyl (C=O) groups excluding carboxylic acids is 1. The number of unbranched alkanes of at least 4 members (excludes halogenated alkanes) is 3. The predicted octanol–water partition coefficient (Wildman–Crippen LogP) is 4.29. The summed E-state index contributed by atoms with van der Waals surface area (Å²) in [7, 11) is 0.652. The van der Waals surface area contributed by atoms with Crippen molar-refractivity contribution in [1.82, 2.24) is 0 Å². The first-order valence-electron chi connectivity index (χ1n) is 8.35. The van der Waals surface area contributed by atoms with Crippen LogP contribution in [0, 0.1) is 5.92 Å². The lowest BCUT2D eigenvalue weighted by Gasteiger charge is -2.17. The molecule has 3 nitrogen and oxygen atoms in total. The Bertz CT molecular complexity index is 246. The molecule has 0 aliphatic carbocycles. The highest BCUT2D eigenvalue weighted by atomic mass is 32.1. The second-order valence-corrected chi connectivity index (χ2v) is 7.04. The Hall–Kier alpha value is 0.157. The molecule has 5 heteroatoms. The van der Waals surface area contributed by atoms with E-state index in [9.17, 15) is 4.79 Å². The van der Waals surface area contributed by atoms with Crippen molar-refractivity contribution < 1.29 is 14.3 Å². The zero-order chi connectivity index (χ0) is 15.9. The van der Waals surface area contributed by atoms with Crippen LogP contribution in [0.2, 0.25) is 6.04 Å². The van der Waals surface area contributed by atoms with Crippen molar-refractivity contribution in [1.29, 1.82) is 0 Å². The van der Waals surface area contributed by atoms with Gasteiger partial charge in [0.1, 0.15) is 15.4 Å². The van der Waals surface area contributed by atoms with Gasteiger partial charge in [0, 0.05) is 19.1 Å². The largest absolute Gasteiger partial charge is 0.357 e. The molecule has 0 spiro atoms. The van der Waals surface area contributed by atoms with E-state index in [1.54, 1.807) is 0 Å². The molecule has 0 aromatic heterocycles.